The highest BCUT2D eigenvalue weighted by Crippen LogP contribution is 2.31. The number of benzene rings is 1. The summed E-state index contributed by atoms with van der Waals surface area (Å²) in [4.78, 5) is 11.2. The molecule has 0 saturated carbocycles. The highest BCUT2D eigenvalue weighted by molar-refractivity contribution is 5.84. The first-order chi connectivity index (χ1) is 9.20. The Morgan fingerprint density at radius 1 is 1.30 bits per heavy atom. The molecule has 0 amide bonds. The summed E-state index contributed by atoms with van der Waals surface area (Å²) in [6.07, 6.45) is -5.31. The molecule has 0 heterocycles. The van der Waals surface area contributed by atoms with Crippen molar-refractivity contribution in [1.82, 2.24) is 0 Å². The van der Waals surface area contributed by atoms with Crippen LogP contribution in [0.3, 0.4) is 0 Å². The van der Waals surface area contributed by atoms with Crippen LogP contribution in [0.5, 0.6) is 0 Å². The number of halogens is 4. The van der Waals surface area contributed by atoms with E-state index in [4.69, 9.17) is 0 Å². The minimum Gasteiger partial charge on any atom is -0.463 e. The molecule has 0 spiro atoms. The molecule has 0 aliphatic heterocycles. The van der Waals surface area contributed by atoms with Gasteiger partial charge in [0.1, 0.15) is 5.82 Å². The summed E-state index contributed by atoms with van der Waals surface area (Å²) in [7, 11) is 0. The van der Waals surface area contributed by atoms with Crippen LogP contribution < -0.4 is 0 Å². The number of hydrogen-bond donors (Lipinski definition) is 1. The van der Waals surface area contributed by atoms with Crippen molar-refractivity contribution in [3.05, 3.63) is 35.6 Å². The molecular weight excluding hydrogens is 280 g/mol. The van der Waals surface area contributed by atoms with Gasteiger partial charge in [0, 0.05) is 5.56 Å². The first-order valence-corrected chi connectivity index (χ1v) is 5.45. The standard InChI is InChI=1S/C13H10F4O3/c1-2-20-11(18)12(19,13(15,16)17)8-7-9-3-5-10(14)6-4-9/h3-6,19H,2H2,1H3/t12-/m0/s1. The van der Waals surface area contributed by atoms with Crippen molar-refractivity contribution >= 4 is 5.97 Å². The average molecular weight is 290 g/mol. The van der Waals surface area contributed by atoms with E-state index in [0.29, 0.717) is 0 Å². The maximum absolute atomic E-state index is 12.7. The summed E-state index contributed by atoms with van der Waals surface area (Å²) in [5.74, 6) is 0.919. The summed E-state index contributed by atoms with van der Waals surface area (Å²) >= 11 is 0. The Morgan fingerprint density at radius 2 is 1.85 bits per heavy atom. The van der Waals surface area contributed by atoms with E-state index >= 15 is 0 Å². The van der Waals surface area contributed by atoms with Crippen molar-refractivity contribution in [3.63, 3.8) is 0 Å². The minimum atomic E-state index is -5.31. The number of aliphatic hydroxyl groups is 1. The van der Waals surface area contributed by atoms with Crippen molar-refractivity contribution in [2.24, 2.45) is 0 Å². The Balaban J connectivity index is 3.15. The van der Waals surface area contributed by atoms with Gasteiger partial charge in [-0.15, -0.1) is 0 Å². The third-order valence-corrected chi connectivity index (χ3v) is 2.21. The monoisotopic (exact) mass is 290 g/mol. The molecule has 1 rings (SSSR count). The maximum atomic E-state index is 12.7. The fraction of sp³-hybridized carbons (Fsp3) is 0.308. The Bertz CT molecular complexity index is 539. The number of alkyl halides is 3. The highest BCUT2D eigenvalue weighted by atomic mass is 19.4. The second-order valence-corrected chi connectivity index (χ2v) is 3.69. The van der Waals surface area contributed by atoms with Crippen LogP contribution in [0.4, 0.5) is 17.6 Å². The van der Waals surface area contributed by atoms with Gasteiger partial charge in [0.2, 0.25) is 0 Å². The minimum absolute atomic E-state index is 0.0124. The van der Waals surface area contributed by atoms with E-state index in [-0.39, 0.29) is 12.2 Å². The lowest BCUT2D eigenvalue weighted by molar-refractivity contribution is -0.242. The van der Waals surface area contributed by atoms with E-state index < -0.39 is 23.6 Å². The molecule has 0 aliphatic carbocycles. The smallest absolute Gasteiger partial charge is 0.440 e. The van der Waals surface area contributed by atoms with Gasteiger partial charge in [0.25, 0.3) is 0 Å². The number of rotatable bonds is 2. The van der Waals surface area contributed by atoms with Gasteiger partial charge >= 0.3 is 17.7 Å². The molecule has 108 valence electrons. The lowest BCUT2D eigenvalue weighted by Gasteiger charge is -2.22. The molecule has 0 saturated heterocycles. The molecule has 1 N–H and O–H groups in total. The Hall–Kier alpha value is -2.07. The number of carbonyl (C=O) groups excluding carboxylic acids is 1. The molecular formula is C13H10F4O3. The summed E-state index contributed by atoms with van der Waals surface area (Å²) < 4.78 is 55.0. The summed E-state index contributed by atoms with van der Waals surface area (Å²) in [6.45, 7) is 0.956. The van der Waals surface area contributed by atoms with Crippen molar-refractivity contribution < 1.29 is 32.2 Å². The van der Waals surface area contributed by atoms with Gasteiger partial charge in [-0.3, -0.25) is 0 Å². The Kier molecular flexibility index (Phi) is 4.73. The van der Waals surface area contributed by atoms with Crippen molar-refractivity contribution in [1.29, 1.82) is 0 Å². The van der Waals surface area contributed by atoms with Gasteiger partial charge in [-0.05, 0) is 37.1 Å². The van der Waals surface area contributed by atoms with Gasteiger partial charge < -0.3 is 9.84 Å². The number of ether oxygens (including phenoxy) is 1. The predicted octanol–water partition coefficient (Wildman–Crippen LogP) is 2.03. The average Bonchev–Trinajstić information content (AvgIpc) is 2.36. The number of esters is 1. The Labute approximate surface area is 112 Å². The van der Waals surface area contributed by atoms with E-state index in [9.17, 15) is 27.5 Å². The lowest BCUT2D eigenvalue weighted by Crippen LogP contribution is -2.52. The highest BCUT2D eigenvalue weighted by Gasteiger charge is 2.60. The zero-order valence-electron chi connectivity index (χ0n) is 10.3. The number of hydrogen-bond acceptors (Lipinski definition) is 3. The second-order valence-electron chi connectivity index (χ2n) is 3.69. The molecule has 20 heavy (non-hydrogen) atoms. The molecule has 1 aromatic rings. The van der Waals surface area contributed by atoms with Crippen LogP contribution in [0.1, 0.15) is 12.5 Å². The van der Waals surface area contributed by atoms with Crippen LogP contribution in [0.2, 0.25) is 0 Å². The lowest BCUT2D eigenvalue weighted by atomic mass is 10.0. The van der Waals surface area contributed by atoms with Crippen LogP contribution in [-0.4, -0.2) is 29.5 Å². The molecule has 7 heteroatoms. The zero-order valence-corrected chi connectivity index (χ0v) is 10.3. The van der Waals surface area contributed by atoms with Crippen LogP contribution in [0.15, 0.2) is 24.3 Å². The van der Waals surface area contributed by atoms with Crippen molar-refractivity contribution in [3.8, 4) is 11.8 Å². The molecule has 3 nitrogen and oxygen atoms in total. The zero-order chi connectivity index (χ0) is 15.4. The Morgan fingerprint density at radius 3 is 2.30 bits per heavy atom. The molecule has 0 radical (unpaired) electrons. The second kappa shape index (κ2) is 5.92. The van der Waals surface area contributed by atoms with Crippen LogP contribution in [-0.2, 0) is 9.53 Å². The van der Waals surface area contributed by atoms with E-state index in [1.54, 1.807) is 0 Å². The largest absolute Gasteiger partial charge is 0.463 e. The van der Waals surface area contributed by atoms with Crippen LogP contribution >= 0.6 is 0 Å². The van der Waals surface area contributed by atoms with Gasteiger partial charge in [-0.25, -0.2) is 9.18 Å². The summed E-state index contributed by atoms with van der Waals surface area (Å²) in [5.41, 5.74) is -3.91. The first kappa shape index (κ1) is 16.0. The quantitative estimate of drug-likeness (QED) is 0.515. The van der Waals surface area contributed by atoms with E-state index in [0.717, 1.165) is 24.3 Å². The van der Waals surface area contributed by atoms with Gasteiger partial charge in [0.05, 0.1) is 6.61 Å². The molecule has 0 unspecified atom stereocenters. The molecule has 0 bridgehead atoms. The van der Waals surface area contributed by atoms with E-state index in [2.05, 4.69) is 4.74 Å². The molecule has 1 atom stereocenters. The SMILES string of the molecule is CCOC(=O)[C@@](O)(C#Cc1ccc(F)cc1)C(F)(F)F. The number of carbonyl (C=O) groups is 1. The van der Waals surface area contributed by atoms with Crippen LogP contribution in [0, 0.1) is 17.7 Å². The van der Waals surface area contributed by atoms with Crippen LogP contribution in [0.25, 0.3) is 0 Å². The van der Waals surface area contributed by atoms with Gasteiger partial charge in [-0.1, -0.05) is 5.92 Å². The fourth-order valence-electron chi connectivity index (χ4n) is 1.17. The topological polar surface area (TPSA) is 46.5 Å². The predicted molar refractivity (Wildman–Crippen MR) is 60.9 cm³/mol. The van der Waals surface area contributed by atoms with Gasteiger partial charge in [0.15, 0.2) is 0 Å². The molecule has 0 fully saturated rings. The van der Waals surface area contributed by atoms with E-state index in [1.165, 1.54) is 12.8 Å². The van der Waals surface area contributed by atoms with Gasteiger partial charge in [-0.2, -0.15) is 13.2 Å². The summed E-state index contributed by atoms with van der Waals surface area (Å²) in [5, 5.41) is 9.42. The third-order valence-electron chi connectivity index (χ3n) is 2.21. The van der Waals surface area contributed by atoms with Crippen molar-refractivity contribution in [2.45, 2.75) is 18.7 Å². The maximum Gasteiger partial charge on any atom is 0.440 e. The normalized spacial score (nSPS) is 13.9. The fourth-order valence-corrected chi connectivity index (χ4v) is 1.17. The third kappa shape index (κ3) is 3.48. The van der Waals surface area contributed by atoms with E-state index in [1.807, 2.05) is 5.92 Å². The summed E-state index contributed by atoms with van der Waals surface area (Å²) in [6, 6.07) is 4.20. The van der Waals surface area contributed by atoms with Crippen molar-refractivity contribution in [2.75, 3.05) is 6.61 Å². The molecule has 0 aromatic heterocycles. The first-order valence-electron chi connectivity index (χ1n) is 5.45. The molecule has 1 aromatic carbocycles. The molecule has 0 aliphatic rings.